The van der Waals surface area contributed by atoms with Crippen molar-refractivity contribution in [2.75, 3.05) is 32.8 Å². The minimum atomic E-state index is -0.440. The second-order valence-corrected chi connectivity index (χ2v) is 12.7. The molecule has 0 spiro atoms. The first-order valence-electron chi connectivity index (χ1n) is 15.1. The van der Waals surface area contributed by atoms with Gasteiger partial charge in [-0.2, -0.15) is 5.10 Å². The summed E-state index contributed by atoms with van der Waals surface area (Å²) in [5.41, 5.74) is 5.21. The van der Waals surface area contributed by atoms with Gasteiger partial charge >= 0.3 is 0 Å². The third kappa shape index (κ3) is 4.72. The Balaban J connectivity index is 1.14. The number of rotatable bonds is 5. The molecule has 1 aliphatic carbocycles. The normalized spacial score (nSPS) is 26.1. The van der Waals surface area contributed by atoms with E-state index in [0.717, 1.165) is 60.8 Å². The minimum Gasteiger partial charge on any atom is -0.377 e. The van der Waals surface area contributed by atoms with Gasteiger partial charge in [-0.25, -0.2) is 4.39 Å². The van der Waals surface area contributed by atoms with Gasteiger partial charge in [-0.05, 0) is 73.4 Å². The van der Waals surface area contributed by atoms with Gasteiger partial charge in [0.15, 0.2) is 0 Å². The summed E-state index contributed by atoms with van der Waals surface area (Å²) in [6.07, 6.45) is 5.78. The molecule has 4 atom stereocenters. The summed E-state index contributed by atoms with van der Waals surface area (Å²) in [5, 5.41) is 8.99. The Morgan fingerprint density at radius 1 is 1.17 bits per heavy atom. The second-order valence-electron chi connectivity index (χ2n) is 12.7. The number of likely N-dealkylation sites (tertiary alicyclic amines) is 1. The largest absolute Gasteiger partial charge is 0.377 e. The van der Waals surface area contributed by atoms with Gasteiger partial charge in [-0.1, -0.05) is 24.3 Å². The summed E-state index contributed by atoms with van der Waals surface area (Å²) in [6, 6.07) is 8.91. The van der Waals surface area contributed by atoms with E-state index < -0.39 is 5.82 Å². The highest BCUT2D eigenvalue weighted by Gasteiger charge is 2.44. The van der Waals surface area contributed by atoms with Crippen LogP contribution in [0.2, 0.25) is 0 Å². The molecular formula is C33H38FN5O3. The number of halogens is 1. The van der Waals surface area contributed by atoms with E-state index in [-0.39, 0.29) is 29.8 Å². The molecule has 5 fully saturated rings. The lowest BCUT2D eigenvalue weighted by Crippen LogP contribution is -2.63. The molecule has 3 aromatic rings. The zero-order valence-corrected chi connectivity index (χ0v) is 24.3. The maximum Gasteiger partial charge on any atom is 0.254 e. The van der Waals surface area contributed by atoms with Crippen molar-refractivity contribution in [1.82, 2.24) is 24.9 Å². The lowest BCUT2D eigenvalue weighted by molar-refractivity contribution is -0.142. The van der Waals surface area contributed by atoms with Crippen LogP contribution in [0.1, 0.15) is 42.1 Å². The predicted molar refractivity (Wildman–Crippen MR) is 158 cm³/mol. The highest BCUT2D eigenvalue weighted by molar-refractivity contribution is 6.05. The van der Waals surface area contributed by atoms with Crippen LogP contribution in [0.25, 0.3) is 22.0 Å². The fourth-order valence-electron chi connectivity index (χ4n) is 7.48. The van der Waals surface area contributed by atoms with Crippen LogP contribution in [-0.4, -0.2) is 82.4 Å². The molecule has 8 nitrogen and oxygen atoms in total. The summed E-state index contributed by atoms with van der Waals surface area (Å²) in [6.45, 7) is 9.07. The highest BCUT2D eigenvalue weighted by Crippen LogP contribution is 2.39. The molecule has 4 aliphatic heterocycles. The summed E-state index contributed by atoms with van der Waals surface area (Å²) in [5.74, 6) is 0.175. The number of aromatic nitrogens is 2. The Kier molecular flexibility index (Phi) is 6.89. The Morgan fingerprint density at radius 2 is 2.00 bits per heavy atom. The summed E-state index contributed by atoms with van der Waals surface area (Å²) < 4.78 is 21.9. The average Bonchev–Trinajstić information content (AvgIpc) is 3.34. The first-order valence-corrected chi connectivity index (χ1v) is 15.1. The maximum atomic E-state index is 14.6. The Morgan fingerprint density at radius 3 is 2.76 bits per heavy atom. The van der Waals surface area contributed by atoms with Crippen molar-refractivity contribution in [1.29, 1.82) is 0 Å². The number of amides is 2. The van der Waals surface area contributed by atoms with Crippen LogP contribution in [0.3, 0.4) is 0 Å². The van der Waals surface area contributed by atoms with Crippen LogP contribution < -0.4 is 5.32 Å². The molecule has 8 rings (SSSR count). The smallest absolute Gasteiger partial charge is 0.254 e. The van der Waals surface area contributed by atoms with E-state index in [4.69, 9.17) is 4.74 Å². The predicted octanol–water partition coefficient (Wildman–Crippen LogP) is 3.94. The molecular weight excluding hydrogens is 533 g/mol. The molecule has 4 saturated heterocycles. The third-order valence-corrected chi connectivity index (χ3v) is 9.79. The Labute approximate surface area is 245 Å². The summed E-state index contributed by atoms with van der Waals surface area (Å²) in [4.78, 5) is 30.9. The minimum absolute atomic E-state index is 0.0894. The fraction of sp³-hybridized carbons (Fsp3) is 0.485. The van der Waals surface area contributed by atoms with Gasteiger partial charge in [0.05, 0.1) is 42.6 Å². The number of fused-ring (bicyclic) bond motifs is 4. The van der Waals surface area contributed by atoms with E-state index in [2.05, 4.69) is 29.1 Å². The van der Waals surface area contributed by atoms with E-state index in [1.165, 1.54) is 17.7 Å². The Hall–Kier alpha value is -3.56. The summed E-state index contributed by atoms with van der Waals surface area (Å²) >= 11 is 0. The number of piperidine rings is 2. The molecule has 0 radical (unpaired) electrons. The van der Waals surface area contributed by atoms with Crippen molar-refractivity contribution in [3.8, 4) is 11.1 Å². The van der Waals surface area contributed by atoms with E-state index in [9.17, 15) is 14.0 Å². The van der Waals surface area contributed by atoms with Gasteiger partial charge in [0.1, 0.15) is 5.82 Å². The van der Waals surface area contributed by atoms with Gasteiger partial charge in [0.25, 0.3) is 5.91 Å². The lowest BCUT2D eigenvalue weighted by atomic mass is 9.72. The van der Waals surface area contributed by atoms with Crippen molar-refractivity contribution in [2.24, 2.45) is 18.9 Å². The van der Waals surface area contributed by atoms with Crippen molar-refractivity contribution >= 4 is 22.7 Å². The fourth-order valence-corrected chi connectivity index (χ4v) is 7.48. The van der Waals surface area contributed by atoms with E-state index in [1.807, 2.05) is 29.7 Å². The van der Waals surface area contributed by atoms with E-state index in [1.54, 1.807) is 11.0 Å². The van der Waals surface area contributed by atoms with Crippen molar-refractivity contribution < 1.29 is 18.7 Å². The third-order valence-electron chi connectivity index (χ3n) is 9.79. The monoisotopic (exact) mass is 571 g/mol. The molecule has 2 aromatic carbocycles. The number of nitrogens with zero attached hydrogens (tertiary/aromatic N) is 4. The molecule has 0 unspecified atom stereocenters. The van der Waals surface area contributed by atoms with Crippen molar-refractivity contribution in [3.05, 3.63) is 65.6 Å². The number of benzene rings is 2. The van der Waals surface area contributed by atoms with E-state index in [0.29, 0.717) is 42.8 Å². The maximum absolute atomic E-state index is 14.6. The zero-order valence-electron chi connectivity index (χ0n) is 24.3. The average molecular weight is 572 g/mol. The molecule has 5 aliphatic rings. The molecule has 220 valence electrons. The van der Waals surface area contributed by atoms with Crippen LogP contribution in [0.15, 0.2) is 48.7 Å². The van der Waals surface area contributed by atoms with Gasteiger partial charge < -0.3 is 19.9 Å². The molecule has 5 heterocycles. The first kappa shape index (κ1) is 27.3. The van der Waals surface area contributed by atoms with Crippen molar-refractivity contribution in [3.63, 3.8) is 0 Å². The standard InChI is InChI=1S/C33H38FN5O3/c1-19-10-24-5-7-25(19)31(36-24)33(41)38-16-22(17-38)11-21-12-27(29-15-35-37(3)30(29)13-21)26-6-4-23(34)14-28(26)32(40)39-8-9-42-18-20(39)2/h4,6,12-15,20,22,24-25,31,36H,1,5,7-11,16-18H2,2-3H3/t20-,24+,25-,31+/m1/s1. The van der Waals surface area contributed by atoms with Crippen LogP contribution in [0.5, 0.6) is 0 Å². The number of hydrogen-bond acceptors (Lipinski definition) is 5. The number of nitrogens with one attached hydrogen (secondary N) is 1. The molecule has 42 heavy (non-hydrogen) atoms. The van der Waals surface area contributed by atoms with E-state index >= 15 is 0 Å². The topological polar surface area (TPSA) is 79.7 Å². The molecule has 1 saturated carbocycles. The number of aryl methyl sites for hydroxylation is 1. The molecule has 1 aromatic heterocycles. The SMILES string of the molecule is C=C1C[C@@H]2CC[C@H]1[C@@H](C(=O)N1CC(Cc3cc(-c4ccc(F)cc4C(=O)N4CCOC[C@H]4C)c4cnn(C)c4c3)C1)N2. The molecule has 1 N–H and O–H groups in total. The Bertz CT molecular complexity index is 1580. The van der Waals surface area contributed by atoms with Crippen LogP contribution >= 0.6 is 0 Å². The van der Waals surface area contributed by atoms with Crippen LogP contribution in [-0.2, 0) is 23.0 Å². The number of carbonyl (C=O) groups excluding carboxylic acids is 2. The van der Waals surface area contributed by atoms with Crippen LogP contribution in [0, 0.1) is 17.7 Å². The number of morpholine rings is 1. The van der Waals surface area contributed by atoms with Gasteiger partial charge in [-0.3, -0.25) is 14.3 Å². The number of ether oxygens (including phenoxy) is 1. The van der Waals surface area contributed by atoms with Crippen molar-refractivity contribution in [2.45, 2.75) is 50.7 Å². The number of hydrogen-bond donors (Lipinski definition) is 1. The highest BCUT2D eigenvalue weighted by atomic mass is 19.1. The van der Waals surface area contributed by atoms with Gasteiger partial charge in [0, 0.05) is 44.0 Å². The summed E-state index contributed by atoms with van der Waals surface area (Å²) in [7, 11) is 1.91. The number of carbonyl (C=O) groups is 2. The quantitative estimate of drug-likeness (QED) is 0.470. The molecule has 9 heteroatoms. The molecule has 2 amide bonds. The second kappa shape index (κ2) is 10.6. The van der Waals surface area contributed by atoms with Gasteiger partial charge in [-0.15, -0.1) is 0 Å². The molecule has 2 bridgehead atoms. The van der Waals surface area contributed by atoms with Crippen LogP contribution in [0.4, 0.5) is 4.39 Å². The lowest BCUT2D eigenvalue weighted by Gasteiger charge is -2.48. The van der Waals surface area contributed by atoms with Gasteiger partial charge in [0.2, 0.25) is 5.91 Å². The first-order chi connectivity index (χ1) is 20.3. The zero-order chi connectivity index (χ0) is 29.1.